The van der Waals surface area contributed by atoms with Crippen molar-refractivity contribution in [2.24, 2.45) is 5.41 Å². The highest BCUT2D eigenvalue weighted by atomic mass is 32.2. The summed E-state index contributed by atoms with van der Waals surface area (Å²) in [6, 6.07) is 5.33. The van der Waals surface area contributed by atoms with Crippen molar-refractivity contribution in [2.45, 2.75) is 39.1 Å². The molecule has 0 aromatic carbocycles. The van der Waals surface area contributed by atoms with E-state index in [4.69, 9.17) is 0 Å². The van der Waals surface area contributed by atoms with Gasteiger partial charge >= 0.3 is 6.09 Å². The van der Waals surface area contributed by atoms with Crippen molar-refractivity contribution >= 4 is 16.1 Å². The van der Waals surface area contributed by atoms with E-state index in [1.54, 1.807) is 6.92 Å². The van der Waals surface area contributed by atoms with Crippen molar-refractivity contribution in [3.05, 3.63) is 65.9 Å². The van der Waals surface area contributed by atoms with Crippen molar-refractivity contribution in [1.82, 2.24) is 18.8 Å². The zero-order valence-electron chi connectivity index (χ0n) is 18.6. The molecule has 0 saturated carbocycles. The lowest BCUT2D eigenvalue weighted by Gasteiger charge is -2.27. The Kier molecular flexibility index (Phi) is 6.55. The summed E-state index contributed by atoms with van der Waals surface area (Å²) >= 11 is 0. The van der Waals surface area contributed by atoms with E-state index in [9.17, 15) is 22.7 Å². The van der Waals surface area contributed by atoms with E-state index in [0.717, 1.165) is 23.5 Å². The van der Waals surface area contributed by atoms with Crippen LogP contribution in [0.4, 0.5) is 13.6 Å². The fraction of sp³-hybridized carbons (Fsp3) is 0.318. The number of halogens is 2. The first-order chi connectivity index (χ1) is 15.3. The first-order valence-electron chi connectivity index (χ1n) is 9.98. The summed E-state index contributed by atoms with van der Waals surface area (Å²) in [5.74, 6) is -2.12. The van der Waals surface area contributed by atoms with E-state index in [-0.39, 0.29) is 22.6 Å². The number of aryl methyl sites for hydroxylation is 1. The largest absolute Gasteiger partial charge is 0.465 e. The molecule has 0 atom stereocenters. The highest BCUT2D eigenvalue weighted by Gasteiger charge is 2.30. The first kappa shape index (κ1) is 24.3. The van der Waals surface area contributed by atoms with Crippen molar-refractivity contribution < 1.29 is 27.1 Å². The minimum Gasteiger partial charge on any atom is -0.465 e. The van der Waals surface area contributed by atoms with Gasteiger partial charge in [-0.1, -0.05) is 20.8 Å². The van der Waals surface area contributed by atoms with Crippen LogP contribution in [0.1, 0.15) is 32.0 Å². The third-order valence-corrected chi connectivity index (χ3v) is 6.38. The van der Waals surface area contributed by atoms with Gasteiger partial charge in [0.2, 0.25) is 5.95 Å². The number of pyridine rings is 2. The Morgan fingerprint density at radius 3 is 2.42 bits per heavy atom. The highest BCUT2D eigenvalue weighted by Crippen LogP contribution is 2.32. The van der Waals surface area contributed by atoms with E-state index >= 15 is 4.39 Å². The molecule has 0 aliphatic carbocycles. The fourth-order valence-electron chi connectivity index (χ4n) is 3.30. The minimum absolute atomic E-state index is 0.0676. The summed E-state index contributed by atoms with van der Waals surface area (Å²) in [4.78, 5) is 20.0. The molecule has 3 aromatic rings. The van der Waals surface area contributed by atoms with Crippen LogP contribution in [0.5, 0.6) is 0 Å². The van der Waals surface area contributed by atoms with Crippen molar-refractivity contribution in [3.8, 4) is 11.3 Å². The Balaban J connectivity index is 2.21. The maximum atomic E-state index is 15.6. The van der Waals surface area contributed by atoms with E-state index in [0.29, 0.717) is 9.67 Å². The van der Waals surface area contributed by atoms with Crippen LogP contribution in [-0.2, 0) is 16.6 Å². The minimum atomic E-state index is -4.39. The van der Waals surface area contributed by atoms with Crippen LogP contribution in [-0.4, -0.2) is 45.0 Å². The van der Waals surface area contributed by atoms with Gasteiger partial charge in [0.25, 0.3) is 10.0 Å². The van der Waals surface area contributed by atoms with Gasteiger partial charge in [0.05, 0.1) is 12.1 Å². The van der Waals surface area contributed by atoms with Crippen LogP contribution in [0.15, 0.2) is 47.8 Å². The predicted molar refractivity (Wildman–Crippen MR) is 117 cm³/mol. The number of aromatic nitrogens is 3. The van der Waals surface area contributed by atoms with Gasteiger partial charge in [-0.2, -0.15) is 4.39 Å². The normalized spacial score (nSPS) is 12.1. The molecule has 176 valence electrons. The lowest BCUT2D eigenvalue weighted by Crippen LogP contribution is -2.36. The molecule has 0 spiro atoms. The molecule has 0 bridgehead atoms. The molecule has 0 fully saturated rings. The summed E-state index contributed by atoms with van der Waals surface area (Å²) in [7, 11) is -4.39. The second-order valence-corrected chi connectivity index (χ2v) is 10.6. The lowest BCUT2D eigenvalue weighted by molar-refractivity contribution is 0.122. The molecule has 0 aliphatic heterocycles. The van der Waals surface area contributed by atoms with Gasteiger partial charge in [0.1, 0.15) is 10.6 Å². The average Bonchev–Trinajstić information content (AvgIpc) is 3.04. The quantitative estimate of drug-likeness (QED) is 0.530. The SMILES string of the molecule is Cc1ccc(S(=O)(=O)n2cc(CN(CC(C)(C)C)C(=O)O)c(F)c2-c2cccnc2F)cn1. The van der Waals surface area contributed by atoms with E-state index < -0.39 is 45.5 Å². The molecule has 0 saturated heterocycles. The Hall–Kier alpha value is -3.34. The Morgan fingerprint density at radius 2 is 1.88 bits per heavy atom. The van der Waals surface area contributed by atoms with Crippen LogP contribution in [0, 0.1) is 24.1 Å². The molecule has 33 heavy (non-hydrogen) atoms. The van der Waals surface area contributed by atoms with Gasteiger partial charge in [-0.05, 0) is 36.6 Å². The van der Waals surface area contributed by atoms with Crippen molar-refractivity contribution in [3.63, 3.8) is 0 Å². The number of rotatable bonds is 6. The second kappa shape index (κ2) is 8.89. The Morgan fingerprint density at radius 1 is 1.18 bits per heavy atom. The molecular formula is C22H24F2N4O4S. The summed E-state index contributed by atoms with van der Waals surface area (Å²) in [5.41, 5.74) is -1.02. The molecule has 8 nitrogen and oxygen atoms in total. The fourth-order valence-corrected chi connectivity index (χ4v) is 4.64. The number of hydrogen-bond acceptors (Lipinski definition) is 5. The molecule has 3 heterocycles. The predicted octanol–water partition coefficient (Wildman–Crippen LogP) is 4.29. The number of carbonyl (C=O) groups is 1. The van der Waals surface area contributed by atoms with E-state index in [1.165, 1.54) is 24.3 Å². The van der Waals surface area contributed by atoms with Crippen molar-refractivity contribution in [2.75, 3.05) is 6.54 Å². The smallest absolute Gasteiger partial charge is 0.407 e. The van der Waals surface area contributed by atoms with Crippen LogP contribution < -0.4 is 0 Å². The van der Waals surface area contributed by atoms with Crippen LogP contribution in [0.3, 0.4) is 0 Å². The van der Waals surface area contributed by atoms with E-state index in [1.807, 2.05) is 20.8 Å². The monoisotopic (exact) mass is 478 g/mol. The van der Waals surface area contributed by atoms with Gasteiger partial charge in [0.15, 0.2) is 5.82 Å². The standard InChI is InChI=1S/C22H24F2N4O4S/c1-14-7-8-16(10-26-14)33(31,32)28-12-15(11-27(21(29)30)13-22(2,3)4)18(23)19(28)17-6-5-9-25-20(17)24/h5-10,12H,11,13H2,1-4H3,(H,29,30). The maximum absolute atomic E-state index is 15.6. The molecular weight excluding hydrogens is 454 g/mol. The Labute approximate surface area is 190 Å². The highest BCUT2D eigenvalue weighted by molar-refractivity contribution is 7.90. The van der Waals surface area contributed by atoms with Crippen LogP contribution >= 0.6 is 0 Å². The third kappa shape index (κ3) is 5.19. The number of hydrogen-bond donors (Lipinski definition) is 1. The molecule has 0 unspecified atom stereocenters. The van der Waals surface area contributed by atoms with Gasteiger partial charge < -0.3 is 10.0 Å². The number of carboxylic acid groups (broad SMARTS) is 1. The molecule has 0 aliphatic rings. The molecule has 11 heteroatoms. The van der Waals surface area contributed by atoms with Crippen LogP contribution in [0.25, 0.3) is 11.3 Å². The van der Waals surface area contributed by atoms with Gasteiger partial charge in [-0.25, -0.2) is 26.6 Å². The summed E-state index contributed by atoms with van der Waals surface area (Å²) < 4.78 is 57.4. The molecule has 3 rings (SSSR count). The summed E-state index contributed by atoms with van der Waals surface area (Å²) in [5, 5.41) is 9.59. The summed E-state index contributed by atoms with van der Waals surface area (Å²) in [6.45, 7) is 6.76. The Bertz CT molecular complexity index is 1280. The van der Waals surface area contributed by atoms with Crippen molar-refractivity contribution in [1.29, 1.82) is 0 Å². The van der Waals surface area contributed by atoms with Gasteiger partial charge in [0, 0.05) is 36.4 Å². The first-order valence-corrected chi connectivity index (χ1v) is 11.4. The molecule has 3 aromatic heterocycles. The molecule has 1 amide bonds. The molecule has 1 N–H and O–H groups in total. The third-order valence-electron chi connectivity index (χ3n) is 4.74. The number of amides is 1. The zero-order valence-corrected chi connectivity index (χ0v) is 19.4. The van der Waals surface area contributed by atoms with E-state index in [2.05, 4.69) is 9.97 Å². The maximum Gasteiger partial charge on any atom is 0.407 e. The van der Waals surface area contributed by atoms with Gasteiger partial charge in [-0.3, -0.25) is 4.98 Å². The van der Waals surface area contributed by atoms with Crippen LogP contribution in [0.2, 0.25) is 0 Å². The second-order valence-electron chi connectivity index (χ2n) is 8.79. The summed E-state index contributed by atoms with van der Waals surface area (Å²) in [6.07, 6.45) is 1.95. The molecule has 0 radical (unpaired) electrons. The van der Waals surface area contributed by atoms with Gasteiger partial charge in [-0.15, -0.1) is 0 Å². The average molecular weight is 479 g/mol. The number of nitrogens with zero attached hydrogens (tertiary/aromatic N) is 4. The topological polar surface area (TPSA) is 105 Å². The lowest BCUT2D eigenvalue weighted by atomic mass is 9.96. The zero-order chi connectivity index (χ0) is 24.6.